The van der Waals surface area contributed by atoms with E-state index in [1.807, 2.05) is 49.1 Å². The molecule has 2 aromatic carbocycles. The molecular formula is C19H20FNO. The topological polar surface area (TPSA) is 20.3 Å². The van der Waals surface area contributed by atoms with Crippen LogP contribution in [0, 0.1) is 12.7 Å². The van der Waals surface area contributed by atoms with E-state index in [1.54, 1.807) is 6.07 Å². The molecule has 0 aromatic heterocycles. The zero-order valence-corrected chi connectivity index (χ0v) is 13.0. The smallest absolute Gasteiger partial charge is 0.227 e. The SMILES string of the molecule is Cc1ccccc1CC(=O)N1CCc2ccc(F)cc2C1C. The number of hydrogen-bond donors (Lipinski definition) is 0. The fraction of sp³-hybridized carbons (Fsp3) is 0.316. The highest BCUT2D eigenvalue weighted by atomic mass is 19.1. The zero-order valence-electron chi connectivity index (χ0n) is 13.0. The Morgan fingerprint density at radius 1 is 1.27 bits per heavy atom. The molecule has 0 N–H and O–H groups in total. The Morgan fingerprint density at radius 2 is 2.05 bits per heavy atom. The fourth-order valence-corrected chi connectivity index (χ4v) is 3.20. The molecule has 2 nitrogen and oxygen atoms in total. The van der Waals surface area contributed by atoms with Crippen LogP contribution < -0.4 is 0 Å². The average Bonchev–Trinajstić information content (AvgIpc) is 2.50. The van der Waals surface area contributed by atoms with Crippen LogP contribution in [0.2, 0.25) is 0 Å². The molecule has 0 aliphatic carbocycles. The molecule has 0 radical (unpaired) electrons. The number of carbonyl (C=O) groups is 1. The summed E-state index contributed by atoms with van der Waals surface area (Å²) in [5, 5.41) is 0. The Bertz CT molecular complexity index is 710. The van der Waals surface area contributed by atoms with E-state index in [-0.39, 0.29) is 17.8 Å². The second-order valence-corrected chi connectivity index (χ2v) is 5.96. The molecule has 2 aromatic rings. The van der Waals surface area contributed by atoms with Crippen molar-refractivity contribution in [1.29, 1.82) is 0 Å². The first-order valence-corrected chi connectivity index (χ1v) is 7.68. The van der Waals surface area contributed by atoms with Gasteiger partial charge in [0.15, 0.2) is 0 Å². The molecule has 1 aliphatic rings. The summed E-state index contributed by atoms with van der Waals surface area (Å²) in [7, 11) is 0. The Labute approximate surface area is 130 Å². The first kappa shape index (κ1) is 14.8. The van der Waals surface area contributed by atoms with Crippen LogP contribution in [0.4, 0.5) is 4.39 Å². The van der Waals surface area contributed by atoms with Gasteiger partial charge >= 0.3 is 0 Å². The molecule has 3 heteroatoms. The van der Waals surface area contributed by atoms with Crippen molar-refractivity contribution in [2.45, 2.75) is 32.7 Å². The summed E-state index contributed by atoms with van der Waals surface area (Å²) < 4.78 is 13.5. The summed E-state index contributed by atoms with van der Waals surface area (Å²) in [5.74, 6) is -0.129. The maximum atomic E-state index is 13.5. The number of amides is 1. The Balaban J connectivity index is 1.81. The summed E-state index contributed by atoms with van der Waals surface area (Å²) in [4.78, 5) is 14.5. The number of aryl methyl sites for hydroxylation is 1. The maximum absolute atomic E-state index is 13.5. The summed E-state index contributed by atoms with van der Waals surface area (Å²) in [6, 6.07) is 12.8. The van der Waals surface area contributed by atoms with Crippen molar-refractivity contribution in [1.82, 2.24) is 4.90 Å². The molecule has 114 valence electrons. The van der Waals surface area contributed by atoms with E-state index in [2.05, 4.69) is 0 Å². The summed E-state index contributed by atoms with van der Waals surface area (Å²) in [6.07, 6.45) is 1.20. The minimum Gasteiger partial charge on any atom is -0.335 e. The van der Waals surface area contributed by atoms with Crippen LogP contribution in [0.15, 0.2) is 42.5 Å². The molecular weight excluding hydrogens is 277 g/mol. The summed E-state index contributed by atoms with van der Waals surface area (Å²) >= 11 is 0. The van der Waals surface area contributed by atoms with Crippen LogP contribution >= 0.6 is 0 Å². The van der Waals surface area contributed by atoms with Gasteiger partial charge in [-0.05, 0) is 54.7 Å². The molecule has 0 saturated heterocycles. The van der Waals surface area contributed by atoms with Crippen molar-refractivity contribution < 1.29 is 9.18 Å². The molecule has 0 fully saturated rings. The van der Waals surface area contributed by atoms with Gasteiger partial charge in [-0.2, -0.15) is 0 Å². The number of carbonyl (C=O) groups excluding carboxylic acids is 1. The molecule has 22 heavy (non-hydrogen) atoms. The highest BCUT2D eigenvalue weighted by molar-refractivity contribution is 5.80. The Hall–Kier alpha value is -2.16. The molecule has 1 atom stereocenters. The maximum Gasteiger partial charge on any atom is 0.227 e. The van der Waals surface area contributed by atoms with Crippen molar-refractivity contribution >= 4 is 5.91 Å². The third kappa shape index (κ3) is 2.76. The van der Waals surface area contributed by atoms with Gasteiger partial charge in [0.1, 0.15) is 5.82 Å². The minimum absolute atomic E-state index is 0.0732. The van der Waals surface area contributed by atoms with Gasteiger partial charge < -0.3 is 4.90 Å². The lowest BCUT2D eigenvalue weighted by atomic mass is 9.92. The lowest BCUT2D eigenvalue weighted by Gasteiger charge is -2.35. The van der Waals surface area contributed by atoms with Gasteiger partial charge in [0.25, 0.3) is 0 Å². The van der Waals surface area contributed by atoms with Crippen molar-refractivity contribution in [3.8, 4) is 0 Å². The van der Waals surface area contributed by atoms with Crippen LogP contribution in [0.3, 0.4) is 0 Å². The molecule has 0 saturated carbocycles. The molecule has 3 rings (SSSR count). The number of fused-ring (bicyclic) bond motifs is 1. The third-order valence-electron chi connectivity index (χ3n) is 4.57. The van der Waals surface area contributed by atoms with Crippen LogP contribution in [0.1, 0.15) is 35.2 Å². The van der Waals surface area contributed by atoms with Crippen molar-refractivity contribution in [2.75, 3.05) is 6.54 Å². The molecule has 1 heterocycles. The Morgan fingerprint density at radius 3 is 2.82 bits per heavy atom. The van der Waals surface area contributed by atoms with Gasteiger partial charge in [-0.1, -0.05) is 30.3 Å². The molecule has 1 unspecified atom stereocenters. The first-order chi connectivity index (χ1) is 10.6. The summed E-state index contributed by atoms with van der Waals surface area (Å²) in [5.41, 5.74) is 4.27. The standard InChI is InChI=1S/C19H20FNO/c1-13-5-3-4-6-16(13)11-19(22)21-10-9-15-7-8-17(20)12-18(15)14(21)2/h3-8,12,14H,9-11H2,1-2H3. The molecule has 1 aliphatic heterocycles. The lowest BCUT2D eigenvalue weighted by molar-refractivity contribution is -0.133. The number of nitrogens with zero attached hydrogens (tertiary/aromatic N) is 1. The van der Waals surface area contributed by atoms with Gasteiger partial charge in [0.05, 0.1) is 12.5 Å². The second-order valence-electron chi connectivity index (χ2n) is 5.96. The quantitative estimate of drug-likeness (QED) is 0.825. The van der Waals surface area contributed by atoms with Crippen LogP contribution in [0.5, 0.6) is 0 Å². The monoisotopic (exact) mass is 297 g/mol. The summed E-state index contributed by atoms with van der Waals surface area (Å²) in [6.45, 7) is 4.70. The van der Waals surface area contributed by atoms with Crippen molar-refractivity contribution in [3.63, 3.8) is 0 Å². The van der Waals surface area contributed by atoms with Gasteiger partial charge in [0.2, 0.25) is 5.91 Å². The second kappa shape index (κ2) is 5.91. The van der Waals surface area contributed by atoms with E-state index >= 15 is 0 Å². The van der Waals surface area contributed by atoms with Crippen molar-refractivity contribution in [3.05, 3.63) is 70.5 Å². The fourth-order valence-electron chi connectivity index (χ4n) is 3.20. The van der Waals surface area contributed by atoms with E-state index in [0.29, 0.717) is 13.0 Å². The number of halogens is 1. The van der Waals surface area contributed by atoms with E-state index < -0.39 is 0 Å². The van der Waals surface area contributed by atoms with Crippen LogP contribution in [-0.2, 0) is 17.6 Å². The van der Waals surface area contributed by atoms with Gasteiger partial charge in [-0.3, -0.25) is 4.79 Å². The van der Waals surface area contributed by atoms with E-state index in [1.165, 1.54) is 6.07 Å². The van der Waals surface area contributed by atoms with Gasteiger partial charge in [-0.25, -0.2) is 4.39 Å². The normalized spacial score (nSPS) is 17.2. The van der Waals surface area contributed by atoms with Crippen molar-refractivity contribution in [2.24, 2.45) is 0 Å². The number of rotatable bonds is 2. The zero-order chi connectivity index (χ0) is 15.7. The van der Waals surface area contributed by atoms with E-state index in [9.17, 15) is 9.18 Å². The highest BCUT2D eigenvalue weighted by Crippen LogP contribution is 2.30. The van der Waals surface area contributed by atoms with E-state index in [0.717, 1.165) is 28.7 Å². The van der Waals surface area contributed by atoms with E-state index in [4.69, 9.17) is 0 Å². The molecule has 1 amide bonds. The lowest BCUT2D eigenvalue weighted by Crippen LogP contribution is -2.39. The van der Waals surface area contributed by atoms with Gasteiger partial charge in [-0.15, -0.1) is 0 Å². The number of benzene rings is 2. The predicted molar refractivity (Wildman–Crippen MR) is 85.1 cm³/mol. The van der Waals surface area contributed by atoms with Gasteiger partial charge in [0, 0.05) is 6.54 Å². The van der Waals surface area contributed by atoms with Crippen LogP contribution in [0.25, 0.3) is 0 Å². The Kier molecular flexibility index (Phi) is 3.97. The predicted octanol–water partition coefficient (Wildman–Crippen LogP) is 3.82. The molecule has 0 spiro atoms. The first-order valence-electron chi connectivity index (χ1n) is 7.68. The third-order valence-corrected chi connectivity index (χ3v) is 4.57. The highest BCUT2D eigenvalue weighted by Gasteiger charge is 2.27. The largest absolute Gasteiger partial charge is 0.335 e. The average molecular weight is 297 g/mol. The minimum atomic E-state index is -0.237. The van der Waals surface area contributed by atoms with Crippen LogP contribution in [-0.4, -0.2) is 17.4 Å². The number of hydrogen-bond acceptors (Lipinski definition) is 1. The molecule has 0 bridgehead atoms.